The first-order valence-electron chi connectivity index (χ1n) is 9.87. The third-order valence-electron chi connectivity index (χ3n) is 5.18. The first-order chi connectivity index (χ1) is 14.2. The van der Waals surface area contributed by atoms with Gasteiger partial charge in [-0.05, 0) is 56.2 Å². The molecule has 0 bridgehead atoms. The molecule has 1 amide bonds. The number of hydrogen-bond acceptors (Lipinski definition) is 5. The van der Waals surface area contributed by atoms with E-state index in [1.807, 2.05) is 6.92 Å². The zero-order valence-electron chi connectivity index (χ0n) is 16.8. The van der Waals surface area contributed by atoms with Crippen molar-refractivity contribution in [3.05, 3.63) is 54.1 Å². The number of amides is 1. The highest BCUT2D eigenvalue weighted by molar-refractivity contribution is 7.92. The molecule has 9 heteroatoms. The highest BCUT2D eigenvalue weighted by atomic mass is 32.2. The maximum Gasteiger partial charge on any atom is 0.261 e. The van der Waals surface area contributed by atoms with Crippen LogP contribution in [0.25, 0.3) is 0 Å². The van der Waals surface area contributed by atoms with Gasteiger partial charge in [0.25, 0.3) is 10.0 Å². The van der Waals surface area contributed by atoms with Gasteiger partial charge in [0.1, 0.15) is 0 Å². The quantitative estimate of drug-likeness (QED) is 0.640. The average molecular weight is 451 g/mol. The van der Waals surface area contributed by atoms with E-state index < -0.39 is 19.9 Å². The molecule has 30 heavy (non-hydrogen) atoms. The fourth-order valence-electron chi connectivity index (χ4n) is 3.43. The fraction of sp³-hybridized carbons (Fsp3) is 0.381. The zero-order chi connectivity index (χ0) is 21.8. The predicted molar refractivity (Wildman–Crippen MR) is 118 cm³/mol. The molecule has 0 spiro atoms. The minimum absolute atomic E-state index is 0.0966. The Bertz CT molecular complexity index is 1090. The Morgan fingerprint density at radius 3 is 2.07 bits per heavy atom. The number of carbonyl (C=O) groups excluding carboxylic acids is 1. The van der Waals surface area contributed by atoms with Crippen LogP contribution in [0.1, 0.15) is 37.7 Å². The highest BCUT2D eigenvalue weighted by Crippen LogP contribution is 2.25. The van der Waals surface area contributed by atoms with E-state index >= 15 is 0 Å². The molecule has 2 aromatic rings. The number of hydrogen-bond donors (Lipinski definition) is 2. The maximum absolute atomic E-state index is 12.4. The largest absolute Gasteiger partial charge is 0.326 e. The van der Waals surface area contributed by atoms with Crippen molar-refractivity contribution in [1.82, 2.24) is 0 Å². The summed E-state index contributed by atoms with van der Waals surface area (Å²) in [5, 5.41) is 2.34. The van der Waals surface area contributed by atoms with Crippen LogP contribution < -0.4 is 10.0 Å². The van der Waals surface area contributed by atoms with Crippen LogP contribution in [0, 0.1) is 6.92 Å². The number of benzene rings is 2. The Hall–Kier alpha value is -2.39. The predicted octanol–water partition coefficient (Wildman–Crippen LogP) is 3.48. The van der Waals surface area contributed by atoms with Crippen molar-refractivity contribution in [2.75, 3.05) is 15.8 Å². The molecule has 0 saturated heterocycles. The second-order valence-corrected chi connectivity index (χ2v) is 11.7. The number of aryl methyl sites for hydroxylation is 1. The summed E-state index contributed by atoms with van der Waals surface area (Å²) < 4.78 is 51.9. The molecule has 162 valence electrons. The van der Waals surface area contributed by atoms with E-state index in [0.717, 1.165) is 18.4 Å². The van der Waals surface area contributed by atoms with E-state index in [0.29, 0.717) is 24.2 Å². The summed E-state index contributed by atoms with van der Waals surface area (Å²) in [6, 6.07) is 12.7. The zero-order valence-corrected chi connectivity index (χ0v) is 18.4. The van der Waals surface area contributed by atoms with Crippen molar-refractivity contribution in [2.24, 2.45) is 0 Å². The minimum atomic E-state index is -3.70. The molecule has 1 saturated carbocycles. The Kier molecular flexibility index (Phi) is 6.82. The Balaban J connectivity index is 1.55. The minimum Gasteiger partial charge on any atom is -0.326 e. The van der Waals surface area contributed by atoms with E-state index in [1.54, 1.807) is 24.3 Å². The fourth-order valence-corrected chi connectivity index (χ4v) is 6.34. The summed E-state index contributed by atoms with van der Waals surface area (Å²) >= 11 is 0. The Morgan fingerprint density at radius 1 is 0.900 bits per heavy atom. The molecule has 2 aromatic carbocycles. The van der Waals surface area contributed by atoms with Crippen molar-refractivity contribution in [2.45, 2.75) is 49.2 Å². The van der Waals surface area contributed by atoms with Crippen molar-refractivity contribution < 1.29 is 21.6 Å². The third-order valence-corrected chi connectivity index (χ3v) is 8.83. The number of sulfonamides is 1. The lowest BCUT2D eigenvalue weighted by atomic mass is 10.2. The number of rotatable bonds is 8. The van der Waals surface area contributed by atoms with Crippen LogP contribution in [0.3, 0.4) is 0 Å². The van der Waals surface area contributed by atoms with E-state index in [1.165, 1.54) is 24.3 Å². The van der Waals surface area contributed by atoms with Crippen molar-refractivity contribution in [3.8, 4) is 0 Å². The standard InChI is InChI=1S/C21H26N2O5S2/c1-16-6-12-20(13-7-16)30(27,28)23-18-10-8-17(9-11-18)22-21(24)14-15-29(25,26)19-4-2-3-5-19/h6-13,19,23H,2-5,14-15H2,1H3,(H,22,24). The van der Waals surface area contributed by atoms with Gasteiger partial charge < -0.3 is 5.32 Å². The van der Waals surface area contributed by atoms with Gasteiger partial charge in [-0.25, -0.2) is 16.8 Å². The van der Waals surface area contributed by atoms with Crippen molar-refractivity contribution in [3.63, 3.8) is 0 Å². The molecule has 0 unspecified atom stereocenters. The van der Waals surface area contributed by atoms with Crippen LogP contribution in [0.15, 0.2) is 53.4 Å². The van der Waals surface area contributed by atoms with Gasteiger partial charge in [-0.15, -0.1) is 0 Å². The van der Waals surface area contributed by atoms with Crippen LogP contribution in [0.2, 0.25) is 0 Å². The monoisotopic (exact) mass is 450 g/mol. The Morgan fingerprint density at radius 2 is 1.47 bits per heavy atom. The second kappa shape index (κ2) is 9.18. The number of sulfone groups is 1. The van der Waals surface area contributed by atoms with Gasteiger partial charge in [-0.2, -0.15) is 0 Å². The number of anilines is 2. The molecule has 0 radical (unpaired) electrons. The lowest BCUT2D eigenvalue weighted by Gasteiger charge is -2.12. The van der Waals surface area contributed by atoms with Crippen LogP contribution >= 0.6 is 0 Å². The molecular weight excluding hydrogens is 424 g/mol. The molecule has 0 aliphatic heterocycles. The van der Waals surface area contributed by atoms with Gasteiger partial charge in [-0.1, -0.05) is 30.5 Å². The van der Waals surface area contributed by atoms with Gasteiger partial charge in [-0.3, -0.25) is 9.52 Å². The lowest BCUT2D eigenvalue weighted by molar-refractivity contribution is -0.115. The lowest BCUT2D eigenvalue weighted by Crippen LogP contribution is -2.24. The second-order valence-electron chi connectivity index (χ2n) is 7.57. The van der Waals surface area contributed by atoms with E-state index in [2.05, 4.69) is 10.0 Å². The molecule has 0 heterocycles. The summed E-state index contributed by atoms with van der Waals surface area (Å²) in [6.07, 6.45) is 3.13. The summed E-state index contributed by atoms with van der Waals surface area (Å²) in [7, 11) is -6.94. The normalized spacial score (nSPS) is 15.1. The molecule has 0 atom stereocenters. The summed E-state index contributed by atoms with van der Waals surface area (Å²) in [5.41, 5.74) is 1.79. The molecular formula is C21H26N2O5S2. The van der Waals surface area contributed by atoms with Gasteiger partial charge in [0, 0.05) is 17.8 Å². The third kappa shape index (κ3) is 5.82. The molecule has 1 aliphatic carbocycles. The summed E-state index contributed by atoms with van der Waals surface area (Å²) in [4.78, 5) is 12.3. The SMILES string of the molecule is Cc1ccc(S(=O)(=O)Nc2ccc(NC(=O)CCS(=O)(=O)C3CCCC3)cc2)cc1. The number of carbonyl (C=O) groups is 1. The van der Waals surface area contributed by atoms with Crippen molar-refractivity contribution in [1.29, 1.82) is 0 Å². The molecule has 0 aromatic heterocycles. The summed E-state index contributed by atoms with van der Waals surface area (Å²) in [6.45, 7) is 1.88. The van der Waals surface area contributed by atoms with Crippen LogP contribution in [-0.4, -0.2) is 33.7 Å². The maximum atomic E-state index is 12.4. The molecule has 2 N–H and O–H groups in total. The number of nitrogens with one attached hydrogen (secondary N) is 2. The summed E-state index contributed by atoms with van der Waals surface area (Å²) in [5.74, 6) is -0.539. The molecule has 7 nitrogen and oxygen atoms in total. The van der Waals surface area contributed by atoms with Crippen LogP contribution in [0.4, 0.5) is 11.4 Å². The van der Waals surface area contributed by atoms with E-state index in [9.17, 15) is 21.6 Å². The Labute approximate surface area is 177 Å². The molecule has 1 aliphatic rings. The molecule has 1 fully saturated rings. The highest BCUT2D eigenvalue weighted by Gasteiger charge is 2.28. The topological polar surface area (TPSA) is 109 Å². The van der Waals surface area contributed by atoms with E-state index in [-0.39, 0.29) is 28.2 Å². The first kappa shape index (κ1) is 22.3. The van der Waals surface area contributed by atoms with Gasteiger partial charge >= 0.3 is 0 Å². The van der Waals surface area contributed by atoms with Crippen molar-refractivity contribution >= 4 is 37.1 Å². The van der Waals surface area contributed by atoms with E-state index in [4.69, 9.17) is 0 Å². The molecule has 3 rings (SSSR count). The average Bonchev–Trinajstić information content (AvgIpc) is 3.24. The van der Waals surface area contributed by atoms with Gasteiger partial charge in [0.15, 0.2) is 9.84 Å². The van der Waals surface area contributed by atoms with Crippen LogP contribution in [-0.2, 0) is 24.7 Å². The van der Waals surface area contributed by atoms with Crippen LogP contribution in [0.5, 0.6) is 0 Å². The smallest absolute Gasteiger partial charge is 0.261 e. The van der Waals surface area contributed by atoms with Gasteiger partial charge in [0.2, 0.25) is 5.91 Å². The van der Waals surface area contributed by atoms with Gasteiger partial charge in [0.05, 0.1) is 15.9 Å². The first-order valence-corrected chi connectivity index (χ1v) is 13.1.